The number of hydrogen-bond donors (Lipinski definition) is 1. The monoisotopic (exact) mass is 250 g/mol. The molecule has 1 N–H and O–H groups in total. The summed E-state index contributed by atoms with van der Waals surface area (Å²) in [4.78, 5) is 11.2. The minimum absolute atomic E-state index is 0.0601. The second kappa shape index (κ2) is 4.97. The summed E-state index contributed by atoms with van der Waals surface area (Å²) in [6.45, 7) is 0. The lowest BCUT2D eigenvalue weighted by Crippen LogP contribution is -2.12. The Morgan fingerprint density at radius 1 is 1.53 bits per heavy atom. The molecule has 0 aliphatic heterocycles. The van der Waals surface area contributed by atoms with Crippen molar-refractivity contribution in [3.05, 3.63) is 30.5 Å². The number of carbonyl (C=O) groups is 1. The first-order valence-corrected chi connectivity index (χ1v) is 5.55. The van der Waals surface area contributed by atoms with Crippen LogP contribution in [-0.4, -0.2) is 26.8 Å². The first-order valence-electron chi connectivity index (χ1n) is 5.01. The van der Waals surface area contributed by atoms with Gasteiger partial charge in [0.15, 0.2) is 0 Å². The van der Waals surface area contributed by atoms with Crippen LogP contribution >= 0.6 is 11.6 Å². The molecule has 1 amide bonds. The molecule has 0 radical (unpaired) electrons. The summed E-state index contributed by atoms with van der Waals surface area (Å²) in [7, 11) is 1.80. The van der Waals surface area contributed by atoms with Crippen LogP contribution in [0.3, 0.4) is 0 Å². The zero-order valence-corrected chi connectivity index (χ0v) is 9.98. The highest BCUT2D eigenvalue weighted by Crippen LogP contribution is 2.20. The van der Waals surface area contributed by atoms with Crippen LogP contribution in [0.15, 0.2) is 30.5 Å². The van der Waals surface area contributed by atoms with Crippen molar-refractivity contribution in [3.63, 3.8) is 0 Å². The molecule has 0 unspecified atom stereocenters. The van der Waals surface area contributed by atoms with Crippen molar-refractivity contribution in [2.24, 2.45) is 7.05 Å². The van der Waals surface area contributed by atoms with Gasteiger partial charge in [0.1, 0.15) is 11.6 Å². The van der Waals surface area contributed by atoms with Gasteiger partial charge in [-0.2, -0.15) is 0 Å². The van der Waals surface area contributed by atoms with Crippen molar-refractivity contribution in [1.29, 1.82) is 0 Å². The van der Waals surface area contributed by atoms with Crippen LogP contribution in [0, 0.1) is 0 Å². The number of carbonyl (C=O) groups excluding carboxylic acids is 1. The third-order valence-corrected chi connectivity index (χ3v) is 2.41. The van der Waals surface area contributed by atoms with E-state index >= 15 is 0 Å². The van der Waals surface area contributed by atoms with Crippen LogP contribution in [-0.2, 0) is 11.8 Å². The second-order valence-corrected chi connectivity index (χ2v) is 3.81. The fraction of sp³-hybridized carbons (Fsp3) is 0.182. The second-order valence-electron chi connectivity index (χ2n) is 3.54. The summed E-state index contributed by atoms with van der Waals surface area (Å²) >= 11 is 5.42. The maximum atomic E-state index is 11.2. The van der Waals surface area contributed by atoms with Gasteiger partial charge in [0.25, 0.3) is 0 Å². The molecular weight excluding hydrogens is 240 g/mol. The number of amides is 1. The maximum Gasteiger partial charge on any atom is 0.239 e. The quantitative estimate of drug-likeness (QED) is 0.843. The Balaban J connectivity index is 2.25. The highest BCUT2D eigenvalue weighted by Gasteiger charge is 2.05. The number of alkyl halides is 1. The van der Waals surface area contributed by atoms with E-state index in [1.54, 1.807) is 17.8 Å². The molecule has 6 heteroatoms. The van der Waals surface area contributed by atoms with E-state index < -0.39 is 0 Å². The Morgan fingerprint density at radius 3 is 3.00 bits per heavy atom. The number of aromatic nitrogens is 3. The lowest BCUT2D eigenvalue weighted by Gasteiger charge is -2.04. The van der Waals surface area contributed by atoms with E-state index in [-0.39, 0.29) is 11.8 Å². The van der Waals surface area contributed by atoms with Crippen molar-refractivity contribution >= 4 is 23.2 Å². The molecule has 0 spiro atoms. The first-order chi connectivity index (χ1) is 8.19. The molecule has 1 aromatic heterocycles. The van der Waals surface area contributed by atoms with Crippen LogP contribution in [0.4, 0.5) is 5.69 Å². The molecule has 2 rings (SSSR count). The van der Waals surface area contributed by atoms with Crippen LogP contribution in [0.1, 0.15) is 0 Å². The lowest BCUT2D eigenvalue weighted by molar-refractivity contribution is -0.113. The maximum absolute atomic E-state index is 11.2. The molecule has 1 heterocycles. The smallest absolute Gasteiger partial charge is 0.239 e. The Kier molecular flexibility index (Phi) is 3.39. The normalized spacial score (nSPS) is 10.2. The first kappa shape index (κ1) is 11.6. The number of benzene rings is 1. The molecular formula is C11H11ClN4O. The molecule has 17 heavy (non-hydrogen) atoms. The molecule has 0 saturated carbocycles. The number of hydrogen-bond acceptors (Lipinski definition) is 3. The Bertz CT molecular complexity index is 538. The van der Waals surface area contributed by atoms with Gasteiger partial charge in [-0.25, -0.2) is 0 Å². The zero-order chi connectivity index (χ0) is 12.3. The molecule has 0 bridgehead atoms. The minimum atomic E-state index is -0.233. The van der Waals surface area contributed by atoms with E-state index in [1.807, 2.05) is 24.4 Å². The Morgan fingerprint density at radius 2 is 2.35 bits per heavy atom. The van der Waals surface area contributed by atoms with Gasteiger partial charge in [0.05, 0.1) is 6.20 Å². The van der Waals surface area contributed by atoms with Crippen LogP contribution in [0.5, 0.6) is 0 Å². The summed E-state index contributed by atoms with van der Waals surface area (Å²) in [5.41, 5.74) is 2.35. The van der Waals surface area contributed by atoms with Gasteiger partial charge >= 0.3 is 0 Å². The number of anilines is 1. The summed E-state index contributed by atoms with van der Waals surface area (Å²) in [6, 6.07) is 7.37. The van der Waals surface area contributed by atoms with Gasteiger partial charge in [-0.1, -0.05) is 17.3 Å². The van der Waals surface area contributed by atoms with E-state index in [2.05, 4.69) is 15.6 Å². The fourth-order valence-corrected chi connectivity index (χ4v) is 1.50. The molecule has 88 valence electrons. The third-order valence-electron chi connectivity index (χ3n) is 2.17. The van der Waals surface area contributed by atoms with Crippen LogP contribution in [0.2, 0.25) is 0 Å². The summed E-state index contributed by atoms with van der Waals surface area (Å²) in [5, 5.41) is 10.5. The number of rotatable bonds is 3. The summed E-state index contributed by atoms with van der Waals surface area (Å²) < 4.78 is 1.62. The molecule has 0 atom stereocenters. The minimum Gasteiger partial charge on any atom is -0.325 e. The number of nitrogens with zero attached hydrogens (tertiary/aromatic N) is 3. The van der Waals surface area contributed by atoms with E-state index in [9.17, 15) is 4.79 Å². The fourth-order valence-electron chi connectivity index (χ4n) is 1.43. The average Bonchev–Trinajstić information content (AvgIpc) is 2.76. The lowest BCUT2D eigenvalue weighted by atomic mass is 10.1. The van der Waals surface area contributed by atoms with Gasteiger partial charge in [-0.15, -0.1) is 16.7 Å². The van der Waals surface area contributed by atoms with E-state index in [4.69, 9.17) is 11.6 Å². The van der Waals surface area contributed by atoms with Crippen LogP contribution < -0.4 is 5.32 Å². The molecule has 0 aliphatic carbocycles. The Labute approximate surface area is 103 Å². The average molecular weight is 251 g/mol. The predicted octanol–water partition coefficient (Wildman–Crippen LogP) is 1.66. The highest BCUT2D eigenvalue weighted by atomic mass is 35.5. The number of halogens is 1. The van der Waals surface area contributed by atoms with Crippen molar-refractivity contribution in [3.8, 4) is 11.3 Å². The largest absolute Gasteiger partial charge is 0.325 e. The van der Waals surface area contributed by atoms with Gasteiger partial charge in [-0.3, -0.25) is 9.48 Å². The summed E-state index contributed by atoms with van der Waals surface area (Å²) in [6.07, 6.45) is 1.81. The highest BCUT2D eigenvalue weighted by molar-refractivity contribution is 6.29. The number of nitrogens with one attached hydrogen (secondary N) is 1. The van der Waals surface area contributed by atoms with Gasteiger partial charge < -0.3 is 5.32 Å². The van der Waals surface area contributed by atoms with Gasteiger partial charge in [0.2, 0.25) is 5.91 Å². The van der Waals surface area contributed by atoms with E-state index in [0.29, 0.717) is 5.69 Å². The van der Waals surface area contributed by atoms with Crippen molar-refractivity contribution in [2.45, 2.75) is 0 Å². The van der Waals surface area contributed by atoms with Crippen LogP contribution in [0.25, 0.3) is 11.3 Å². The van der Waals surface area contributed by atoms with E-state index in [1.165, 1.54) is 0 Å². The molecule has 0 fully saturated rings. The van der Waals surface area contributed by atoms with Crippen molar-refractivity contribution in [1.82, 2.24) is 15.0 Å². The van der Waals surface area contributed by atoms with Crippen molar-refractivity contribution in [2.75, 3.05) is 11.2 Å². The van der Waals surface area contributed by atoms with Gasteiger partial charge in [-0.05, 0) is 12.1 Å². The Hall–Kier alpha value is -1.88. The molecule has 0 saturated heterocycles. The topological polar surface area (TPSA) is 59.8 Å². The SMILES string of the molecule is Cn1cc(-c2cccc(NC(=O)CCl)c2)nn1. The molecule has 5 nitrogen and oxygen atoms in total. The molecule has 0 aliphatic rings. The predicted molar refractivity (Wildman–Crippen MR) is 65.8 cm³/mol. The standard InChI is InChI=1S/C11H11ClN4O/c1-16-7-10(14-15-16)8-3-2-4-9(5-8)13-11(17)6-12/h2-5,7H,6H2,1H3,(H,13,17). The third kappa shape index (κ3) is 2.82. The molecule has 2 aromatic rings. The van der Waals surface area contributed by atoms with E-state index in [0.717, 1.165) is 11.3 Å². The number of aryl methyl sites for hydroxylation is 1. The van der Waals surface area contributed by atoms with Crippen molar-refractivity contribution < 1.29 is 4.79 Å². The summed E-state index contributed by atoms with van der Waals surface area (Å²) in [5.74, 6) is -0.294. The zero-order valence-electron chi connectivity index (χ0n) is 9.22. The van der Waals surface area contributed by atoms with Gasteiger partial charge in [0, 0.05) is 18.3 Å². The molecule has 1 aromatic carbocycles.